The number of non-ortho nitro benzene ring substituents is 1. The third-order valence-electron chi connectivity index (χ3n) is 4.29. The number of hydrogen-bond acceptors (Lipinski definition) is 6. The van der Waals surface area contributed by atoms with Crippen LogP contribution in [0.25, 0.3) is 11.0 Å². The van der Waals surface area contributed by atoms with E-state index >= 15 is 0 Å². The molecule has 0 saturated heterocycles. The quantitative estimate of drug-likeness (QED) is 0.281. The van der Waals surface area contributed by atoms with Gasteiger partial charge in [-0.25, -0.2) is 4.79 Å². The normalized spacial score (nSPS) is 11.2. The molecule has 7 nitrogen and oxygen atoms in total. The molecule has 0 N–H and O–H groups in total. The van der Waals surface area contributed by atoms with Crippen LogP contribution in [0.15, 0.2) is 62.7 Å². The number of hydrogen-bond donors (Lipinski definition) is 0. The molecular weight excluding hydrogens is 346 g/mol. The minimum absolute atomic E-state index is 0.0109. The van der Waals surface area contributed by atoms with Crippen molar-refractivity contribution in [1.29, 1.82) is 0 Å². The van der Waals surface area contributed by atoms with Crippen molar-refractivity contribution >= 4 is 34.2 Å². The lowest BCUT2D eigenvalue weighted by Crippen LogP contribution is -2.21. The van der Waals surface area contributed by atoms with E-state index in [1.807, 2.05) is 18.2 Å². The zero-order valence-electron chi connectivity index (χ0n) is 15.1. The van der Waals surface area contributed by atoms with Crippen LogP contribution in [0.1, 0.15) is 19.4 Å². The molecule has 0 unspecified atom stereocenters. The second kappa shape index (κ2) is 7.82. The highest BCUT2D eigenvalue weighted by Crippen LogP contribution is 2.22. The lowest BCUT2D eigenvalue weighted by Gasteiger charge is -2.20. The van der Waals surface area contributed by atoms with Gasteiger partial charge in [0.1, 0.15) is 5.58 Å². The molecule has 138 valence electrons. The van der Waals surface area contributed by atoms with Crippen molar-refractivity contribution in [2.45, 2.75) is 13.8 Å². The summed E-state index contributed by atoms with van der Waals surface area (Å²) in [4.78, 5) is 28.8. The zero-order valence-corrected chi connectivity index (χ0v) is 15.1. The van der Waals surface area contributed by atoms with Crippen LogP contribution in [0.4, 0.5) is 17.1 Å². The predicted octanol–water partition coefficient (Wildman–Crippen LogP) is 4.30. The number of nitrogens with zero attached hydrogens (tertiary/aromatic N) is 3. The van der Waals surface area contributed by atoms with Gasteiger partial charge in [-0.2, -0.15) is 0 Å². The summed E-state index contributed by atoms with van der Waals surface area (Å²) in [5.41, 5.74) is 1.86. The minimum atomic E-state index is -0.482. The van der Waals surface area contributed by atoms with Crippen molar-refractivity contribution in [2.75, 3.05) is 18.0 Å². The molecule has 0 aliphatic carbocycles. The molecule has 0 spiro atoms. The number of fused-ring (bicyclic) bond motifs is 1. The molecule has 0 aliphatic heterocycles. The highest BCUT2D eigenvalue weighted by atomic mass is 16.6. The van der Waals surface area contributed by atoms with Crippen molar-refractivity contribution in [1.82, 2.24) is 0 Å². The summed E-state index contributed by atoms with van der Waals surface area (Å²) < 4.78 is 5.45. The van der Waals surface area contributed by atoms with E-state index in [-0.39, 0.29) is 5.69 Å². The van der Waals surface area contributed by atoms with Crippen LogP contribution in [-0.2, 0) is 0 Å². The molecule has 1 aromatic heterocycles. The zero-order chi connectivity index (χ0) is 19.4. The van der Waals surface area contributed by atoms with Gasteiger partial charge in [0.15, 0.2) is 0 Å². The summed E-state index contributed by atoms with van der Waals surface area (Å²) in [7, 11) is 0. The molecule has 1 heterocycles. The summed E-state index contributed by atoms with van der Waals surface area (Å²) in [5, 5.41) is 11.5. The Morgan fingerprint density at radius 3 is 2.44 bits per heavy atom. The van der Waals surface area contributed by atoms with Gasteiger partial charge in [0.2, 0.25) is 0 Å². The summed E-state index contributed by atoms with van der Waals surface area (Å²) in [6.07, 6.45) is 1.41. The van der Waals surface area contributed by atoms with E-state index in [0.717, 1.165) is 24.2 Å². The molecule has 0 radical (unpaired) electrons. The largest absolute Gasteiger partial charge is 0.422 e. The number of nitro benzene ring substituents is 1. The fraction of sp³-hybridized carbons (Fsp3) is 0.200. The Morgan fingerprint density at radius 2 is 1.81 bits per heavy atom. The Balaban J connectivity index is 1.91. The van der Waals surface area contributed by atoms with Gasteiger partial charge in [0.25, 0.3) is 5.69 Å². The van der Waals surface area contributed by atoms with E-state index < -0.39 is 10.5 Å². The SMILES string of the molecule is CCN(CC)c1ccc2cc(C=Nc3ccc([N+](=O)[O-])cc3)c(=O)oc2c1. The fourth-order valence-corrected chi connectivity index (χ4v) is 2.80. The van der Waals surface area contributed by atoms with Gasteiger partial charge < -0.3 is 9.32 Å². The van der Waals surface area contributed by atoms with Crippen molar-refractivity contribution in [3.8, 4) is 0 Å². The molecule has 0 atom stereocenters. The Labute approximate surface area is 155 Å². The van der Waals surface area contributed by atoms with Crippen LogP contribution < -0.4 is 10.5 Å². The van der Waals surface area contributed by atoms with E-state index in [9.17, 15) is 14.9 Å². The molecule has 3 aromatic rings. The third-order valence-corrected chi connectivity index (χ3v) is 4.29. The number of nitro groups is 1. The maximum absolute atomic E-state index is 12.3. The first-order valence-corrected chi connectivity index (χ1v) is 8.63. The van der Waals surface area contributed by atoms with Crippen LogP contribution in [0.5, 0.6) is 0 Å². The highest BCUT2D eigenvalue weighted by molar-refractivity contribution is 5.88. The van der Waals surface area contributed by atoms with Crippen LogP contribution in [-0.4, -0.2) is 24.2 Å². The van der Waals surface area contributed by atoms with Crippen LogP contribution in [0.3, 0.4) is 0 Å². The molecule has 2 aromatic carbocycles. The van der Waals surface area contributed by atoms with E-state index in [4.69, 9.17) is 4.42 Å². The third kappa shape index (κ3) is 4.03. The molecule has 0 amide bonds. The Bertz CT molecular complexity index is 1050. The van der Waals surface area contributed by atoms with Gasteiger partial charge >= 0.3 is 5.63 Å². The Kier molecular flexibility index (Phi) is 5.30. The second-order valence-electron chi connectivity index (χ2n) is 5.92. The molecule has 27 heavy (non-hydrogen) atoms. The molecule has 0 bridgehead atoms. The van der Waals surface area contributed by atoms with Gasteiger partial charge in [-0.3, -0.25) is 15.1 Å². The monoisotopic (exact) mass is 365 g/mol. The first-order chi connectivity index (χ1) is 13.0. The molecule has 0 fully saturated rings. The van der Waals surface area contributed by atoms with Crippen molar-refractivity contribution < 1.29 is 9.34 Å². The average Bonchev–Trinajstić information content (AvgIpc) is 2.67. The first kappa shape index (κ1) is 18.3. The lowest BCUT2D eigenvalue weighted by atomic mass is 10.1. The summed E-state index contributed by atoms with van der Waals surface area (Å²) >= 11 is 0. The molecule has 3 rings (SSSR count). The van der Waals surface area contributed by atoms with Gasteiger partial charge in [-0.15, -0.1) is 0 Å². The maximum Gasteiger partial charge on any atom is 0.345 e. The second-order valence-corrected chi connectivity index (χ2v) is 5.92. The van der Waals surface area contributed by atoms with E-state index in [1.54, 1.807) is 6.07 Å². The molecule has 0 aliphatic rings. The first-order valence-electron chi connectivity index (χ1n) is 8.63. The maximum atomic E-state index is 12.3. The number of benzene rings is 2. The Hall–Kier alpha value is -3.48. The summed E-state index contributed by atoms with van der Waals surface area (Å²) in [5.74, 6) is 0. The van der Waals surface area contributed by atoms with E-state index in [2.05, 4.69) is 23.7 Å². The van der Waals surface area contributed by atoms with Gasteiger partial charge in [-0.05, 0) is 44.2 Å². The van der Waals surface area contributed by atoms with Gasteiger partial charge in [-0.1, -0.05) is 0 Å². The molecule has 7 heteroatoms. The van der Waals surface area contributed by atoms with Crippen LogP contribution in [0.2, 0.25) is 0 Å². The topological polar surface area (TPSA) is 89.0 Å². The van der Waals surface area contributed by atoms with E-state index in [1.165, 1.54) is 30.5 Å². The van der Waals surface area contributed by atoms with Crippen molar-refractivity contribution in [3.05, 3.63) is 74.6 Å². The number of anilines is 1. The fourth-order valence-electron chi connectivity index (χ4n) is 2.80. The van der Waals surface area contributed by atoms with Gasteiger partial charge in [0.05, 0.1) is 16.2 Å². The van der Waals surface area contributed by atoms with Crippen LogP contribution >= 0.6 is 0 Å². The minimum Gasteiger partial charge on any atom is -0.422 e. The number of rotatable bonds is 6. The average molecular weight is 365 g/mol. The standard InChI is InChI=1S/C20H19N3O4/c1-3-22(4-2)18-8-5-14-11-15(20(24)27-19(14)12-18)13-21-16-6-9-17(10-7-16)23(25)26/h5-13H,3-4H2,1-2H3. The summed E-state index contributed by atoms with van der Waals surface area (Å²) in [6, 6.07) is 13.3. The van der Waals surface area contributed by atoms with Crippen molar-refractivity contribution in [2.24, 2.45) is 4.99 Å². The number of aliphatic imine (C=N–C) groups is 1. The van der Waals surface area contributed by atoms with Crippen LogP contribution in [0, 0.1) is 10.1 Å². The molecule has 0 saturated carbocycles. The predicted molar refractivity (Wildman–Crippen MR) is 106 cm³/mol. The van der Waals surface area contributed by atoms with Crippen molar-refractivity contribution in [3.63, 3.8) is 0 Å². The highest BCUT2D eigenvalue weighted by Gasteiger charge is 2.08. The summed E-state index contributed by atoms with van der Waals surface area (Å²) in [6.45, 7) is 5.88. The Morgan fingerprint density at radius 1 is 1.11 bits per heavy atom. The smallest absolute Gasteiger partial charge is 0.345 e. The van der Waals surface area contributed by atoms with E-state index in [0.29, 0.717) is 16.8 Å². The van der Waals surface area contributed by atoms with Gasteiger partial charge in [0, 0.05) is 48.6 Å². The molecular formula is C20H19N3O4. The lowest BCUT2D eigenvalue weighted by molar-refractivity contribution is -0.384.